The van der Waals surface area contributed by atoms with Crippen molar-refractivity contribution in [3.8, 4) is 11.5 Å². The van der Waals surface area contributed by atoms with Crippen molar-refractivity contribution >= 4 is 46.1 Å². The molecule has 0 atom stereocenters. The molecular formula is C14H8Cl2N2O4. The van der Waals surface area contributed by atoms with Crippen LogP contribution in [0, 0.1) is 0 Å². The van der Waals surface area contributed by atoms with Crippen LogP contribution in [0.1, 0.15) is 31.8 Å². The zero-order chi connectivity index (χ0) is 16.3. The summed E-state index contributed by atoms with van der Waals surface area (Å²) < 4.78 is 0. The van der Waals surface area contributed by atoms with E-state index in [4.69, 9.17) is 34.7 Å². The molecule has 0 aliphatic heterocycles. The number of hydrogen-bond donors (Lipinski definition) is 4. The number of phenols is 2. The van der Waals surface area contributed by atoms with E-state index in [1.165, 1.54) is 12.1 Å². The number of anilines is 2. The van der Waals surface area contributed by atoms with E-state index in [2.05, 4.69) is 0 Å². The molecule has 0 unspecified atom stereocenters. The average Bonchev–Trinajstić information content (AvgIpc) is 2.48. The fourth-order valence-electron chi connectivity index (χ4n) is 2.48. The highest BCUT2D eigenvalue weighted by atomic mass is 35.5. The molecule has 0 fully saturated rings. The van der Waals surface area contributed by atoms with Gasteiger partial charge in [-0.1, -0.05) is 23.2 Å². The van der Waals surface area contributed by atoms with Crippen LogP contribution in [-0.4, -0.2) is 21.8 Å². The van der Waals surface area contributed by atoms with E-state index < -0.39 is 23.1 Å². The molecule has 0 heterocycles. The number of carbonyl (C=O) groups excluding carboxylic acids is 2. The molecule has 3 rings (SSSR count). The van der Waals surface area contributed by atoms with Crippen molar-refractivity contribution in [2.45, 2.75) is 0 Å². The highest BCUT2D eigenvalue weighted by molar-refractivity contribution is 6.47. The first-order chi connectivity index (χ1) is 10.3. The van der Waals surface area contributed by atoms with Gasteiger partial charge in [0.05, 0.1) is 33.0 Å². The fourth-order valence-corrected chi connectivity index (χ4v) is 2.86. The number of fused-ring (bicyclic) bond motifs is 2. The minimum atomic E-state index is -0.763. The third kappa shape index (κ3) is 1.62. The maximum atomic E-state index is 12.6. The summed E-state index contributed by atoms with van der Waals surface area (Å²) in [6.07, 6.45) is 0. The number of nitrogen functional groups attached to an aromatic ring is 2. The Labute approximate surface area is 133 Å². The fraction of sp³-hybridized carbons (Fsp3) is 0. The van der Waals surface area contributed by atoms with E-state index in [-0.39, 0.29) is 43.7 Å². The predicted octanol–water partition coefficient (Wildman–Crippen LogP) is 2.34. The number of aromatic hydroxyl groups is 2. The van der Waals surface area contributed by atoms with Gasteiger partial charge in [0, 0.05) is 5.69 Å². The van der Waals surface area contributed by atoms with Crippen LogP contribution >= 0.6 is 23.2 Å². The Balaban J connectivity index is 2.50. The number of phenolic OH excluding ortho intramolecular Hbond substituents is 2. The summed E-state index contributed by atoms with van der Waals surface area (Å²) in [6.45, 7) is 0. The molecule has 0 saturated carbocycles. The van der Waals surface area contributed by atoms with Gasteiger partial charge in [0.1, 0.15) is 16.5 Å². The van der Waals surface area contributed by atoms with Crippen LogP contribution < -0.4 is 11.5 Å². The Kier molecular flexibility index (Phi) is 2.98. The van der Waals surface area contributed by atoms with Crippen LogP contribution in [0.2, 0.25) is 10.0 Å². The number of nitrogens with two attached hydrogens (primary N) is 2. The first-order valence-corrected chi connectivity index (χ1v) is 6.73. The van der Waals surface area contributed by atoms with Crippen LogP contribution in [0.3, 0.4) is 0 Å². The second-order valence-electron chi connectivity index (χ2n) is 4.72. The number of hydrogen-bond acceptors (Lipinski definition) is 6. The first-order valence-electron chi connectivity index (χ1n) is 5.97. The maximum Gasteiger partial charge on any atom is 0.200 e. The predicted molar refractivity (Wildman–Crippen MR) is 81.9 cm³/mol. The lowest BCUT2D eigenvalue weighted by Crippen LogP contribution is -2.24. The number of benzene rings is 2. The summed E-state index contributed by atoms with van der Waals surface area (Å²) in [7, 11) is 0. The lowest BCUT2D eigenvalue weighted by Gasteiger charge is -2.23. The van der Waals surface area contributed by atoms with Crippen LogP contribution in [0.25, 0.3) is 0 Å². The Hall–Kier alpha value is -2.44. The maximum absolute atomic E-state index is 12.6. The molecule has 112 valence electrons. The van der Waals surface area contributed by atoms with Gasteiger partial charge in [-0.3, -0.25) is 9.59 Å². The molecule has 0 amide bonds. The summed E-state index contributed by atoms with van der Waals surface area (Å²) in [4.78, 5) is 25.2. The third-order valence-electron chi connectivity index (χ3n) is 3.52. The summed E-state index contributed by atoms with van der Waals surface area (Å²) in [6, 6.07) is 2.47. The summed E-state index contributed by atoms with van der Waals surface area (Å²) in [5.41, 5.74) is 10.1. The molecule has 2 aromatic carbocycles. The van der Waals surface area contributed by atoms with Crippen LogP contribution in [0.5, 0.6) is 11.5 Å². The molecule has 1 aliphatic carbocycles. The quantitative estimate of drug-likeness (QED) is 0.368. The smallest absolute Gasteiger partial charge is 0.200 e. The van der Waals surface area contributed by atoms with Crippen molar-refractivity contribution in [2.75, 3.05) is 11.5 Å². The van der Waals surface area contributed by atoms with Crippen LogP contribution in [0.15, 0.2) is 12.1 Å². The van der Waals surface area contributed by atoms with E-state index in [1.807, 2.05) is 0 Å². The van der Waals surface area contributed by atoms with E-state index in [9.17, 15) is 19.8 Å². The van der Waals surface area contributed by atoms with Gasteiger partial charge < -0.3 is 21.7 Å². The summed E-state index contributed by atoms with van der Waals surface area (Å²) >= 11 is 11.7. The molecule has 0 spiro atoms. The van der Waals surface area contributed by atoms with Crippen molar-refractivity contribution in [1.82, 2.24) is 0 Å². The highest BCUT2D eigenvalue weighted by Crippen LogP contribution is 2.47. The largest absolute Gasteiger partial charge is 0.507 e. The van der Waals surface area contributed by atoms with E-state index in [0.717, 1.165) is 0 Å². The lowest BCUT2D eigenvalue weighted by molar-refractivity contribution is 0.0975. The second kappa shape index (κ2) is 4.53. The molecule has 0 saturated heterocycles. The molecule has 8 heteroatoms. The summed E-state index contributed by atoms with van der Waals surface area (Å²) in [5, 5.41) is 19.4. The molecule has 1 aliphatic rings. The van der Waals surface area contributed by atoms with Gasteiger partial charge in [-0.25, -0.2) is 0 Å². The van der Waals surface area contributed by atoms with Crippen LogP contribution in [0.4, 0.5) is 11.4 Å². The number of carbonyl (C=O) groups is 2. The highest BCUT2D eigenvalue weighted by Gasteiger charge is 2.39. The van der Waals surface area contributed by atoms with Crippen molar-refractivity contribution in [3.05, 3.63) is 44.4 Å². The SMILES string of the molecule is Nc1ccc(O)c2c1C(=O)c1c(O)c(Cl)c(Cl)c(N)c1C2=O. The molecule has 6 N–H and O–H groups in total. The van der Waals surface area contributed by atoms with Crippen molar-refractivity contribution in [1.29, 1.82) is 0 Å². The molecular weight excluding hydrogens is 331 g/mol. The molecule has 0 aromatic heterocycles. The van der Waals surface area contributed by atoms with E-state index >= 15 is 0 Å². The first kappa shape index (κ1) is 14.5. The average molecular weight is 339 g/mol. The van der Waals surface area contributed by atoms with Crippen molar-refractivity contribution in [2.24, 2.45) is 0 Å². The Morgan fingerprint density at radius 3 is 2.05 bits per heavy atom. The minimum Gasteiger partial charge on any atom is -0.507 e. The standard InChI is InChI=1S/C14H8Cl2N2O4/c15-9-10(16)14(22)8-7(11(9)18)13(21)6-4(19)2-1-3(17)5(6)12(8)20/h1-2,19,22H,17-18H2. The Morgan fingerprint density at radius 2 is 1.41 bits per heavy atom. The molecule has 22 heavy (non-hydrogen) atoms. The lowest BCUT2D eigenvalue weighted by atomic mass is 9.81. The normalized spacial score (nSPS) is 13.0. The van der Waals surface area contributed by atoms with Gasteiger partial charge in [-0.2, -0.15) is 0 Å². The van der Waals surface area contributed by atoms with Gasteiger partial charge in [0.2, 0.25) is 11.6 Å². The van der Waals surface area contributed by atoms with Gasteiger partial charge in [0.25, 0.3) is 0 Å². The Morgan fingerprint density at radius 1 is 0.818 bits per heavy atom. The topological polar surface area (TPSA) is 127 Å². The third-order valence-corrected chi connectivity index (χ3v) is 4.37. The van der Waals surface area contributed by atoms with Gasteiger partial charge in [-0.05, 0) is 12.1 Å². The molecule has 0 radical (unpaired) electrons. The number of halogens is 2. The van der Waals surface area contributed by atoms with Gasteiger partial charge >= 0.3 is 0 Å². The zero-order valence-electron chi connectivity index (χ0n) is 10.8. The monoisotopic (exact) mass is 338 g/mol. The van der Waals surface area contributed by atoms with Crippen molar-refractivity contribution in [3.63, 3.8) is 0 Å². The van der Waals surface area contributed by atoms with Gasteiger partial charge in [0.15, 0.2) is 0 Å². The number of rotatable bonds is 0. The van der Waals surface area contributed by atoms with E-state index in [1.54, 1.807) is 0 Å². The molecule has 6 nitrogen and oxygen atoms in total. The van der Waals surface area contributed by atoms with Crippen LogP contribution in [-0.2, 0) is 0 Å². The Bertz CT molecular complexity index is 821. The second-order valence-corrected chi connectivity index (χ2v) is 5.48. The molecule has 0 bridgehead atoms. The molecule has 2 aromatic rings. The van der Waals surface area contributed by atoms with Crippen molar-refractivity contribution < 1.29 is 19.8 Å². The summed E-state index contributed by atoms with van der Waals surface area (Å²) in [5.74, 6) is -2.60. The van der Waals surface area contributed by atoms with Gasteiger partial charge in [-0.15, -0.1) is 0 Å². The van der Waals surface area contributed by atoms with E-state index in [0.29, 0.717) is 0 Å². The zero-order valence-corrected chi connectivity index (χ0v) is 12.3. The number of ketones is 2. The minimum absolute atomic E-state index is 0.0131.